The summed E-state index contributed by atoms with van der Waals surface area (Å²) in [6, 6.07) is 2.85. The van der Waals surface area contributed by atoms with Crippen LogP contribution in [-0.4, -0.2) is 4.92 Å². The smallest absolute Gasteiger partial charge is 0.288 e. The second-order valence-electron chi connectivity index (χ2n) is 2.74. The van der Waals surface area contributed by atoms with Crippen LogP contribution in [0.4, 0.5) is 5.69 Å². The van der Waals surface area contributed by atoms with E-state index in [1.165, 1.54) is 12.1 Å². The summed E-state index contributed by atoms with van der Waals surface area (Å²) in [5.41, 5.74) is 12.1. The third kappa shape index (κ3) is 2.01. The molecule has 0 heterocycles. The minimum absolute atomic E-state index is 0.0904. The molecule has 0 atom stereocenters. The zero-order chi connectivity index (χ0) is 10.7. The Kier molecular flexibility index (Phi) is 3.40. The van der Waals surface area contributed by atoms with E-state index in [2.05, 4.69) is 0 Å². The van der Waals surface area contributed by atoms with Crippen molar-refractivity contribution in [2.45, 2.75) is 13.1 Å². The third-order valence-electron chi connectivity index (χ3n) is 1.91. The van der Waals surface area contributed by atoms with E-state index >= 15 is 0 Å². The first-order valence-corrected chi connectivity index (χ1v) is 4.33. The Morgan fingerprint density at radius 1 is 1.29 bits per heavy atom. The molecule has 0 unspecified atom stereocenters. The fourth-order valence-corrected chi connectivity index (χ4v) is 1.42. The predicted molar refractivity (Wildman–Crippen MR) is 53.9 cm³/mol. The summed E-state index contributed by atoms with van der Waals surface area (Å²) < 4.78 is 0. The van der Waals surface area contributed by atoms with Crippen molar-refractivity contribution in [3.63, 3.8) is 0 Å². The molecule has 0 radical (unpaired) electrons. The zero-order valence-corrected chi connectivity index (χ0v) is 8.12. The van der Waals surface area contributed by atoms with Crippen molar-refractivity contribution in [3.05, 3.63) is 38.4 Å². The van der Waals surface area contributed by atoms with Crippen molar-refractivity contribution in [1.29, 1.82) is 0 Å². The SMILES string of the molecule is NCc1cc(Cl)c([N+](=O)[O-])cc1CN. The monoisotopic (exact) mass is 215 g/mol. The minimum atomic E-state index is -0.540. The fourth-order valence-electron chi connectivity index (χ4n) is 1.17. The third-order valence-corrected chi connectivity index (χ3v) is 2.21. The summed E-state index contributed by atoms with van der Waals surface area (Å²) in [6.45, 7) is 0.481. The highest BCUT2D eigenvalue weighted by Crippen LogP contribution is 2.27. The molecular formula is C8H10ClN3O2. The maximum Gasteiger partial charge on any atom is 0.288 e. The Hall–Kier alpha value is -1.17. The number of nitrogens with zero attached hydrogens (tertiary/aromatic N) is 1. The highest BCUT2D eigenvalue weighted by molar-refractivity contribution is 6.32. The molecule has 0 amide bonds. The van der Waals surface area contributed by atoms with Gasteiger partial charge in [-0.05, 0) is 17.2 Å². The van der Waals surface area contributed by atoms with Crippen molar-refractivity contribution < 1.29 is 4.92 Å². The van der Waals surface area contributed by atoms with Gasteiger partial charge in [0.1, 0.15) is 5.02 Å². The average molecular weight is 216 g/mol. The number of nitro groups is 1. The molecule has 0 spiro atoms. The normalized spacial score (nSPS) is 10.2. The maximum absolute atomic E-state index is 10.5. The summed E-state index contributed by atoms with van der Waals surface area (Å²) >= 11 is 5.69. The number of nitro benzene ring substituents is 1. The van der Waals surface area contributed by atoms with Gasteiger partial charge in [-0.25, -0.2) is 0 Å². The minimum Gasteiger partial charge on any atom is -0.326 e. The topological polar surface area (TPSA) is 95.2 Å². The Bertz CT molecular complexity index is 368. The van der Waals surface area contributed by atoms with Crippen molar-refractivity contribution >= 4 is 17.3 Å². The molecule has 0 saturated heterocycles. The molecule has 1 aromatic rings. The highest BCUT2D eigenvalue weighted by atomic mass is 35.5. The second-order valence-corrected chi connectivity index (χ2v) is 3.14. The molecule has 0 aliphatic carbocycles. The molecule has 1 rings (SSSR count). The fraction of sp³-hybridized carbons (Fsp3) is 0.250. The van der Waals surface area contributed by atoms with E-state index in [9.17, 15) is 10.1 Å². The van der Waals surface area contributed by atoms with Gasteiger partial charge in [-0.3, -0.25) is 10.1 Å². The molecule has 5 nitrogen and oxygen atoms in total. The first-order valence-electron chi connectivity index (χ1n) is 3.96. The van der Waals surface area contributed by atoms with Crippen LogP contribution in [0.25, 0.3) is 0 Å². The van der Waals surface area contributed by atoms with Gasteiger partial charge < -0.3 is 11.5 Å². The molecule has 76 valence electrons. The molecule has 0 aliphatic heterocycles. The van der Waals surface area contributed by atoms with Crippen molar-refractivity contribution in [2.24, 2.45) is 11.5 Å². The molecule has 0 saturated carbocycles. The molecule has 6 heteroatoms. The number of benzene rings is 1. The van der Waals surface area contributed by atoms with Crippen LogP contribution in [0.15, 0.2) is 12.1 Å². The van der Waals surface area contributed by atoms with E-state index in [4.69, 9.17) is 23.1 Å². The van der Waals surface area contributed by atoms with Crippen LogP contribution in [0, 0.1) is 10.1 Å². The van der Waals surface area contributed by atoms with Crippen molar-refractivity contribution in [2.75, 3.05) is 0 Å². The van der Waals surface area contributed by atoms with Crippen LogP contribution in [0.3, 0.4) is 0 Å². The van der Waals surface area contributed by atoms with Crippen LogP contribution < -0.4 is 11.5 Å². The van der Waals surface area contributed by atoms with E-state index in [1.54, 1.807) is 0 Å². The standard InChI is InChI=1S/C8H10ClN3O2/c9-7-1-5(3-10)6(4-11)2-8(7)12(13)14/h1-2H,3-4,10-11H2. The van der Waals surface area contributed by atoms with Crippen LogP contribution in [0.5, 0.6) is 0 Å². The molecule has 14 heavy (non-hydrogen) atoms. The Balaban J connectivity index is 3.30. The average Bonchev–Trinajstić information content (AvgIpc) is 2.16. The molecule has 4 N–H and O–H groups in total. The van der Waals surface area contributed by atoms with Gasteiger partial charge in [0.2, 0.25) is 0 Å². The van der Waals surface area contributed by atoms with Gasteiger partial charge in [0, 0.05) is 19.2 Å². The molecule has 1 aromatic carbocycles. The van der Waals surface area contributed by atoms with Crippen LogP contribution >= 0.6 is 11.6 Å². The summed E-state index contributed by atoms with van der Waals surface area (Å²) in [4.78, 5) is 10.00. The quantitative estimate of drug-likeness (QED) is 0.584. The molecule has 0 aromatic heterocycles. The van der Waals surface area contributed by atoms with Gasteiger partial charge in [-0.2, -0.15) is 0 Å². The van der Waals surface area contributed by atoms with Gasteiger partial charge in [-0.15, -0.1) is 0 Å². The summed E-state index contributed by atoms with van der Waals surface area (Å²) in [5.74, 6) is 0. The number of rotatable bonds is 3. The van der Waals surface area contributed by atoms with E-state index in [0.29, 0.717) is 5.56 Å². The van der Waals surface area contributed by atoms with Gasteiger partial charge in [0.05, 0.1) is 4.92 Å². The van der Waals surface area contributed by atoms with Gasteiger partial charge in [-0.1, -0.05) is 11.6 Å². The van der Waals surface area contributed by atoms with E-state index in [0.717, 1.165) is 5.56 Å². The first-order chi connectivity index (χ1) is 6.60. The summed E-state index contributed by atoms with van der Waals surface area (Å²) in [7, 11) is 0. The predicted octanol–water partition coefficient (Wildman–Crippen LogP) is 1.17. The van der Waals surface area contributed by atoms with Crippen molar-refractivity contribution in [1.82, 2.24) is 0 Å². The summed E-state index contributed by atoms with van der Waals surface area (Å²) in [6.07, 6.45) is 0. The summed E-state index contributed by atoms with van der Waals surface area (Å²) in [5, 5.41) is 10.6. The molecular weight excluding hydrogens is 206 g/mol. The molecule has 0 bridgehead atoms. The van der Waals surface area contributed by atoms with Gasteiger partial charge in [0.25, 0.3) is 5.69 Å². The number of hydrogen-bond donors (Lipinski definition) is 2. The largest absolute Gasteiger partial charge is 0.326 e. The van der Waals surface area contributed by atoms with Crippen molar-refractivity contribution in [3.8, 4) is 0 Å². The van der Waals surface area contributed by atoms with E-state index in [-0.39, 0.29) is 23.8 Å². The van der Waals surface area contributed by atoms with Crippen LogP contribution in [0.1, 0.15) is 11.1 Å². The Labute approximate surface area is 85.8 Å². The van der Waals surface area contributed by atoms with Gasteiger partial charge >= 0.3 is 0 Å². The lowest BCUT2D eigenvalue weighted by molar-refractivity contribution is -0.384. The lowest BCUT2D eigenvalue weighted by Crippen LogP contribution is -2.07. The van der Waals surface area contributed by atoms with Crippen LogP contribution in [-0.2, 0) is 13.1 Å². The Morgan fingerprint density at radius 2 is 1.79 bits per heavy atom. The van der Waals surface area contributed by atoms with E-state index in [1.807, 2.05) is 0 Å². The number of hydrogen-bond acceptors (Lipinski definition) is 4. The van der Waals surface area contributed by atoms with Gasteiger partial charge in [0.15, 0.2) is 0 Å². The first kappa shape index (κ1) is 10.9. The lowest BCUT2D eigenvalue weighted by Gasteiger charge is -2.06. The molecule has 0 aliphatic rings. The number of nitrogens with two attached hydrogens (primary N) is 2. The number of halogens is 1. The van der Waals surface area contributed by atoms with E-state index < -0.39 is 4.92 Å². The van der Waals surface area contributed by atoms with Crippen LogP contribution in [0.2, 0.25) is 5.02 Å². The molecule has 0 fully saturated rings. The second kappa shape index (κ2) is 4.36. The maximum atomic E-state index is 10.5. The lowest BCUT2D eigenvalue weighted by atomic mass is 10.1. The Morgan fingerprint density at radius 3 is 2.21 bits per heavy atom. The zero-order valence-electron chi connectivity index (χ0n) is 7.37. The highest BCUT2D eigenvalue weighted by Gasteiger charge is 2.15.